The molecule has 2 unspecified atom stereocenters. The Hall–Kier alpha value is -0.230. The molecule has 2 atom stereocenters. The number of hydrogen-bond donors (Lipinski definition) is 1. The molecule has 0 aliphatic heterocycles. The lowest BCUT2D eigenvalue weighted by atomic mass is 10.1. The van der Waals surface area contributed by atoms with Gasteiger partial charge in [-0.25, -0.2) is 0 Å². The third kappa shape index (κ3) is 7.20. The lowest BCUT2D eigenvalue weighted by Crippen LogP contribution is -2.70. The maximum absolute atomic E-state index is 11.2. The molecule has 0 saturated carbocycles. The van der Waals surface area contributed by atoms with Crippen molar-refractivity contribution in [3.05, 3.63) is 12.2 Å². The molecule has 3 N–H and O–H groups in total. The van der Waals surface area contributed by atoms with E-state index in [2.05, 4.69) is 10.3 Å². The van der Waals surface area contributed by atoms with Crippen LogP contribution in [0.1, 0.15) is 13.3 Å². The van der Waals surface area contributed by atoms with E-state index in [-0.39, 0.29) is 0 Å². The van der Waals surface area contributed by atoms with Gasteiger partial charge in [0.2, 0.25) is 0 Å². The monoisotopic (exact) mass is 223 g/mol. The third-order valence-corrected chi connectivity index (χ3v) is 1.94. The van der Waals surface area contributed by atoms with Gasteiger partial charge in [0, 0.05) is 0 Å². The Bertz CT molecular complexity index is 226. The molecule has 14 heavy (non-hydrogen) atoms. The molecule has 0 rings (SSSR count). The van der Waals surface area contributed by atoms with E-state index in [1.807, 2.05) is 6.92 Å². The van der Waals surface area contributed by atoms with Crippen molar-refractivity contribution in [1.29, 1.82) is 0 Å². The van der Waals surface area contributed by atoms with Crippen LogP contribution in [-0.2, 0) is 9.09 Å². The van der Waals surface area contributed by atoms with E-state index in [4.69, 9.17) is 0 Å². The first-order chi connectivity index (χ1) is 6.37. The summed E-state index contributed by atoms with van der Waals surface area (Å²) in [4.78, 5) is 20.1. The zero-order chi connectivity index (χ0) is 11.2. The van der Waals surface area contributed by atoms with Crippen molar-refractivity contribution in [3.8, 4) is 0 Å². The molecule has 0 fully saturated rings. The van der Waals surface area contributed by atoms with Gasteiger partial charge in [0.05, 0.1) is 13.9 Å². The zero-order valence-electron chi connectivity index (χ0n) is 7.92. The summed E-state index contributed by atoms with van der Waals surface area (Å²) in [5.74, 6) is 0. The second-order valence-electron chi connectivity index (χ2n) is 2.80. The standard InChI is InChI=1S/C7H15NO5P/c1-2-3-4-7(9)6(8)5-13-14(10,11)12/h3-4,6-7H,2,5,8H2,1H3,(H2,10,11,12)/q-1/p-1/b4-3+. The van der Waals surface area contributed by atoms with Crippen molar-refractivity contribution in [1.82, 2.24) is 0 Å². The van der Waals surface area contributed by atoms with Crippen LogP contribution >= 0.6 is 7.82 Å². The lowest BCUT2D eigenvalue weighted by Gasteiger charge is -2.31. The van der Waals surface area contributed by atoms with E-state index in [0.717, 1.165) is 0 Å². The van der Waals surface area contributed by atoms with Gasteiger partial charge in [-0.15, -0.1) is 0 Å². The quantitative estimate of drug-likeness (QED) is 0.383. The number of phosphoric acid groups is 1. The molecule has 0 saturated heterocycles. The van der Waals surface area contributed by atoms with Crippen LogP contribution in [0, 0.1) is 0 Å². The van der Waals surface area contributed by atoms with E-state index in [1.54, 1.807) is 6.08 Å². The highest BCUT2D eigenvalue weighted by atomic mass is 31.2. The Morgan fingerprint density at radius 1 is 1.57 bits per heavy atom. The number of hydrogen-bond acceptors (Lipinski definition) is 5. The molecular formula is C7H14NO5P-2. The SMILES string of the molecule is CC/C=C/C([O-])C([NH3+])COP(=O)([O-])[O-]. The minimum atomic E-state index is -4.99. The van der Waals surface area contributed by atoms with E-state index >= 15 is 0 Å². The van der Waals surface area contributed by atoms with E-state index in [1.165, 1.54) is 6.08 Å². The van der Waals surface area contributed by atoms with Crippen LogP contribution in [-0.4, -0.2) is 18.8 Å². The Kier molecular flexibility index (Phi) is 6.19. The maximum Gasteiger partial charge on any atom is 0.103 e. The average Bonchev–Trinajstić information content (AvgIpc) is 2.09. The highest BCUT2D eigenvalue weighted by Crippen LogP contribution is 2.24. The molecule has 0 radical (unpaired) electrons. The molecule has 0 bridgehead atoms. The van der Waals surface area contributed by atoms with Gasteiger partial charge in [-0.2, -0.15) is 0 Å². The van der Waals surface area contributed by atoms with Gasteiger partial charge in [0.25, 0.3) is 0 Å². The summed E-state index contributed by atoms with van der Waals surface area (Å²) in [7, 11) is -4.99. The van der Waals surface area contributed by atoms with Gasteiger partial charge in [0.1, 0.15) is 6.61 Å². The fraction of sp³-hybridized carbons (Fsp3) is 0.714. The molecule has 0 aliphatic carbocycles. The lowest BCUT2D eigenvalue weighted by molar-refractivity contribution is -0.520. The zero-order valence-corrected chi connectivity index (χ0v) is 8.81. The second-order valence-corrected chi connectivity index (χ2v) is 3.96. The molecule has 7 heteroatoms. The first-order valence-corrected chi connectivity index (χ1v) is 5.65. The Morgan fingerprint density at radius 2 is 2.14 bits per heavy atom. The molecule has 0 aromatic carbocycles. The summed E-state index contributed by atoms with van der Waals surface area (Å²) in [6.45, 7) is 1.40. The molecular weight excluding hydrogens is 209 g/mol. The van der Waals surface area contributed by atoms with Gasteiger partial charge in [-0.3, -0.25) is 0 Å². The highest BCUT2D eigenvalue weighted by molar-refractivity contribution is 7.43. The molecule has 0 aliphatic rings. The van der Waals surface area contributed by atoms with Crippen molar-refractivity contribution < 1.29 is 29.7 Å². The smallest absolute Gasteiger partial charge is 0.103 e. The van der Waals surface area contributed by atoms with Gasteiger partial charge in [0.15, 0.2) is 0 Å². The summed E-state index contributed by atoms with van der Waals surface area (Å²) in [6, 6.07) is -0.783. The first-order valence-electron chi connectivity index (χ1n) is 4.19. The third-order valence-electron chi connectivity index (χ3n) is 1.47. The molecule has 0 amide bonds. The van der Waals surface area contributed by atoms with Crippen molar-refractivity contribution >= 4 is 7.82 Å². The average molecular weight is 223 g/mol. The van der Waals surface area contributed by atoms with Crippen LogP contribution in [0.3, 0.4) is 0 Å². The fourth-order valence-corrected chi connectivity index (χ4v) is 1.08. The maximum atomic E-state index is 11.2. The second kappa shape index (κ2) is 6.29. The molecule has 6 nitrogen and oxygen atoms in total. The Labute approximate surface area is 82.6 Å². The van der Waals surface area contributed by atoms with Crippen LogP contribution in [0.4, 0.5) is 0 Å². The fourth-order valence-electron chi connectivity index (χ4n) is 0.709. The molecule has 0 aromatic heterocycles. The predicted molar refractivity (Wildman–Crippen MR) is 43.5 cm³/mol. The van der Waals surface area contributed by atoms with E-state index in [9.17, 15) is 19.5 Å². The summed E-state index contributed by atoms with van der Waals surface area (Å²) in [5, 5.41) is 11.2. The van der Waals surface area contributed by atoms with Crippen molar-refractivity contribution in [2.45, 2.75) is 25.5 Å². The molecule has 0 spiro atoms. The number of phosphoric ester groups is 1. The van der Waals surface area contributed by atoms with Crippen LogP contribution < -0.4 is 20.6 Å². The Morgan fingerprint density at radius 3 is 2.57 bits per heavy atom. The van der Waals surface area contributed by atoms with Crippen LogP contribution in [0.2, 0.25) is 0 Å². The first kappa shape index (κ1) is 13.8. The topological polar surface area (TPSA) is 123 Å². The Balaban J connectivity index is 3.90. The summed E-state index contributed by atoms with van der Waals surface area (Å²) in [6.07, 6.45) is 2.60. The van der Waals surface area contributed by atoms with Gasteiger partial charge < -0.3 is 29.7 Å². The van der Waals surface area contributed by atoms with Crippen LogP contribution in [0.5, 0.6) is 0 Å². The summed E-state index contributed by atoms with van der Waals surface area (Å²) >= 11 is 0. The van der Waals surface area contributed by atoms with Crippen LogP contribution in [0.15, 0.2) is 12.2 Å². The van der Waals surface area contributed by atoms with Crippen molar-refractivity contribution in [2.75, 3.05) is 6.61 Å². The van der Waals surface area contributed by atoms with Crippen LogP contribution in [0.25, 0.3) is 0 Å². The minimum Gasteiger partial charge on any atom is -0.845 e. The van der Waals surface area contributed by atoms with Crippen molar-refractivity contribution in [3.63, 3.8) is 0 Å². The van der Waals surface area contributed by atoms with Gasteiger partial charge in [-0.1, -0.05) is 25.2 Å². The summed E-state index contributed by atoms with van der Waals surface area (Å²) < 4.78 is 14.0. The summed E-state index contributed by atoms with van der Waals surface area (Å²) in [5.41, 5.74) is 3.41. The number of allylic oxidation sites excluding steroid dienone is 1. The number of quaternary nitrogens is 1. The van der Waals surface area contributed by atoms with Gasteiger partial charge >= 0.3 is 0 Å². The van der Waals surface area contributed by atoms with Crippen molar-refractivity contribution in [2.24, 2.45) is 0 Å². The largest absolute Gasteiger partial charge is 0.845 e. The molecule has 84 valence electrons. The predicted octanol–water partition coefficient (Wildman–Crippen LogP) is -2.86. The molecule has 0 heterocycles. The van der Waals surface area contributed by atoms with E-state index in [0.29, 0.717) is 6.42 Å². The van der Waals surface area contributed by atoms with Gasteiger partial charge in [-0.05, 0) is 6.42 Å². The highest BCUT2D eigenvalue weighted by Gasteiger charge is 2.08. The normalized spacial score (nSPS) is 17.2. The van der Waals surface area contributed by atoms with E-state index < -0.39 is 26.6 Å². The molecule has 0 aromatic rings. The number of rotatable bonds is 6. The minimum absolute atomic E-state index is 0.466.